The molecule has 0 saturated carbocycles. The average molecular weight is 292 g/mol. The van der Waals surface area contributed by atoms with Crippen molar-refractivity contribution in [1.29, 1.82) is 0 Å². The molecule has 0 bridgehead atoms. The second kappa shape index (κ2) is 6.04. The largest absolute Gasteiger partial charge is 0.399 e. The number of rotatable bonds is 5. The van der Waals surface area contributed by atoms with Gasteiger partial charge in [0.2, 0.25) is 10.0 Å². The Hall–Kier alpha value is -1.89. The van der Waals surface area contributed by atoms with Crippen molar-refractivity contribution in [2.75, 3.05) is 18.9 Å². The van der Waals surface area contributed by atoms with E-state index in [1.165, 1.54) is 12.1 Å². The van der Waals surface area contributed by atoms with Gasteiger partial charge in [-0.2, -0.15) is 0 Å². The van der Waals surface area contributed by atoms with Crippen molar-refractivity contribution in [3.8, 4) is 11.1 Å². The molecule has 4 N–H and O–H groups in total. The number of hydrogen-bond donors (Lipinski definition) is 3. The Morgan fingerprint density at radius 3 is 2.35 bits per heavy atom. The molecule has 0 aromatic heterocycles. The molecule has 6 heteroatoms. The lowest BCUT2D eigenvalue weighted by atomic mass is 10.1. The maximum Gasteiger partial charge on any atom is 0.240 e. The van der Waals surface area contributed by atoms with Gasteiger partial charge in [-0.15, -0.1) is 0 Å². The molecule has 0 fully saturated rings. The van der Waals surface area contributed by atoms with Crippen LogP contribution in [0.5, 0.6) is 0 Å². The number of nitrogens with one attached hydrogen (secondary N) is 1. The van der Waals surface area contributed by atoms with Gasteiger partial charge in [-0.25, -0.2) is 13.1 Å². The number of sulfonamides is 1. The number of hydrogen-bond acceptors (Lipinski definition) is 4. The van der Waals surface area contributed by atoms with E-state index in [1.54, 1.807) is 18.2 Å². The number of anilines is 1. The Balaban J connectivity index is 2.27. The van der Waals surface area contributed by atoms with Crippen LogP contribution in [0.15, 0.2) is 53.4 Å². The molecule has 0 atom stereocenters. The summed E-state index contributed by atoms with van der Waals surface area (Å²) in [5, 5.41) is 8.66. The zero-order chi connectivity index (χ0) is 14.6. The molecule has 20 heavy (non-hydrogen) atoms. The van der Waals surface area contributed by atoms with Gasteiger partial charge in [0.05, 0.1) is 11.5 Å². The SMILES string of the molecule is Nc1cccc(-c2ccc(S(=O)(=O)NCCO)cc2)c1. The Labute approximate surface area is 118 Å². The fourth-order valence-electron chi connectivity index (χ4n) is 1.81. The molecule has 2 aromatic rings. The molecule has 2 rings (SSSR count). The highest BCUT2D eigenvalue weighted by molar-refractivity contribution is 7.89. The molecule has 0 aliphatic heterocycles. The first kappa shape index (κ1) is 14.5. The van der Waals surface area contributed by atoms with Crippen molar-refractivity contribution in [3.05, 3.63) is 48.5 Å². The van der Waals surface area contributed by atoms with Gasteiger partial charge in [-0.3, -0.25) is 0 Å². The standard InChI is InChI=1S/C14H16N2O3S/c15-13-3-1-2-12(10-13)11-4-6-14(7-5-11)20(18,19)16-8-9-17/h1-7,10,16-17H,8-9,15H2. The van der Waals surface area contributed by atoms with Crippen LogP contribution >= 0.6 is 0 Å². The summed E-state index contributed by atoms with van der Waals surface area (Å²) in [5.41, 5.74) is 8.19. The number of aliphatic hydroxyl groups excluding tert-OH is 1. The number of nitrogen functional groups attached to an aromatic ring is 1. The monoisotopic (exact) mass is 292 g/mol. The number of benzene rings is 2. The maximum atomic E-state index is 11.9. The van der Waals surface area contributed by atoms with Gasteiger partial charge in [0.15, 0.2) is 0 Å². The van der Waals surface area contributed by atoms with Crippen LogP contribution in [-0.4, -0.2) is 26.7 Å². The van der Waals surface area contributed by atoms with E-state index >= 15 is 0 Å². The third kappa shape index (κ3) is 3.36. The van der Waals surface area contributed by atoms with Crippen LogP contribution in [0.4, 0.5) is 5.69 Å². The molecule has 0 amide bonds. The lowest BCUT2D eigenvalue weighted by Gasteiger charge is -2.07. The minimum atomic E-state index is -3.56. The van der Waals surface area contributed by atoms with E-state index in [2.05, 4.69) is 4.72 Å². The van der Waals surface area contributed by atoms with Gasteiger partial charge in [0, 0.05) is 12.2 Å². The molecule has 0 heterocycles. The first-order valence-corrected chi connectivity index (χ1v) is 7.58. The maximum absolute atomic E-state index is 11.9. The Morgan fingerprint density at radius 1 is 1.05 bits per heavy atom. The molecule has 0 aliphatic rings. The first-order valence-electron chi connectivity index (χ1n) is 6.09. The minimum absolute atomic E-state index is 0.000691. The van der Waals surface area contributed by atoms with Crippen LogP contribution in [0, 0.1) is 0 Å². The third-order valence-corrected chi connectivity index (χ3v) is 4.27. The molecule has 0 saturated heterocycles. The molecule has 0 radical (unpaired) electrons. The minimum Gasteiger partial charge on any atom is -0.399 e. The van der Waals surface area contributed by atoms with E-state index in [4.69, 9.17) is 10.8 Å². The van der Waals surface area contributed by atoms with Crippen LogP contribution in [-0.2, 0) is 10.0 Å². The highest BCUT2D eigenvalue weighted by atomic mass is 32.2. The first-order chi connectivity index (χ1) is 9.53. The molecule has 5 nitrogen and oxygen atoms in total. The smallest absolute Gasteiger partial charge is 0.240 e. The van der Waals surface area contributed by atoms with Crippen LogP contribution in [0.2, 0.25) is 0 Å². The van der Waals surface area contributed by atoms with E-state index in [-0.39, 0.29) is 18.0 Å². The summed E-state index contributed by atoms with van der Waals surface area (Å²) >= 11 is 0. The van der Waals surface area contributed by atoms with Gasteiger partial charge in [-0.05, 0) is 35.4 Å². The molecule has 0 aliphatic carbocycles. The molecule has 2 aromatic carbocycles. The van der Waals surface area contributed by atoms with E-state index in [0.29, 0.717) is 5.69 Å². The fraction of sp³-hybridized carbons (Fsp3) is 0.143. The molecule has 0 spiro atoms. The van der Waals surface area contributed by atoms with Crippen molar-refractivity contribution in [1.82, 2.24) is 4.72 Å². The average Bonchev–Trinajstić information content (AvgIpc) is 2.45. The molecular weight excluding hydrogens is 276 g/mol. The van der Waals surface area contributed by atoms with E-state index in [0.717, 1.165) is 11.1 Å². The van der Waals surface area contributed by atoms with Crippen LogP contribution in [0.25, 0.3) is 11.1 Å². The van der Waals surface area contributed by atoms with Gasteiger partial charge in [-0.1, -0.05) is 24.3 Å². The Kier molecular flexibility index (Phi) is 4.39. The van der Waals surface area contributed by atoms with E-state index in [9.17, 15) is 8.42 Å². The Morgan fingerprint density at radius 2 is 1.75 bits per heavy atom. The van der Waals surface area contributed by atoms with E-state index in [1.807, 2.05) is 18.2 Å². The lowest BCUT2D eigenvalue weighted by molar-refractivity contribution is 0.301. The van der Waals surface area contributed by atoms with Gasteiger partial charge in [0.25, 0.3) is 0 Å². The Bertz CT molecular complexity index is 682. The second-order valence-electron chi connectivity index (χ2n) is 4.27. The predicted octanol–water partition coefficient (Wildman–Crippen LogP) is 1.21. The summed E-state index contributed by atoms with van der Waals surface area (Å²) in [5.74, 6) is 0. The van der Waals surface area contributed by atoms with Crippen molar-refractivity contribution in [3.63, 3.8) is 0 Å². The third-order valence-electron chi connectivity index (χ3n) is 2.79. The van der Waals surface area contributed by atoms with Crippen molar-refractivity contribution in [2.24, 2.45) is 0 Å². The molecule has 0 unspecified atom stereocenters. The molecular formula is C14H16N2O3S. The van der Waals surface area contributed by atoms with Crippen molar-refractivity contribution >= 4 is 15.7 Å². The molecule has 106 valence electrons. The summed E-state index contributed by atoms with van der Waals surface area (Å²) in [6, 6.07) is 13.9. The van der Waals surface area contributed by atoms with Gasteiger partial charge < -0.3 is 10.8 Å². The number of nitrogens with two attached hydrogens (primary N) is 1. The van der Waals surface area contributed by atoms with Gasteiger partial charge in [0.1, 0.15) is 0 Å². The lowest BCUT2D eigenvalue weighted by Crippen LogP contribution is -2.26. The summed E-state index contributed by atoms with van der Waals surface area (Å²) < 4.78 is 26.0. The zero-order valence-electron chi connectivity index (χ0n) is 10.8. The summed E-state index contributed by atoms with van der Waals surface area (Å²) in [7, 11) is -3.56. The highest BCUT2D eigenvalue weighted by Crippen LogP contribution is 2.22. The summed E-state index contributed by atoms with van der Waals surface area (Å²) in [4.78, 5) is 0.165. The highest BCUT2D eigenvalue weighted by Gasteiger charge is 2.12. The predicted molar refractivity (Wildman–Crippen MR) is 78.6 cm³/mol. The van der Waals surface area contributed by atoms with Crippen LogP contribution in [0.3, 0.4) is 0 Å². The normalized spacial score (nSPS) is 11.4. The van der Waals surface area contributed by atoms with Crippen LogP contribution < -0.4 is 10.5 Å². The summed E-state index contributed by atoms with van der Waals surface area (Å²) in [6.07, 6.45) is 0. The van der Waals surface area contributed by atoms with Crippen LogP contribution in [0.1, 0.15) is 0 Å². The van der Waals surface area contributed by atoms with Gasteiger partial charge >= 0.3 is 0 Å². The van der Waals surface area contributed by atoms with E-state index < -0.39 is 10.0 Å². The zero-order valence-corrected chi connectivity index (χ0v) is 11.6. The van der Waals surface area contributed by atoms with Crippen molar-refractivity contribution < 1.29 is 13.5 Å². The quantitative estimate of drug-likeness (QED) is 0.722. The fourth-order valence-corrected chi connectivity index (χ4v) is 2.83. The van der Waals surface area contributed by atoms with Crippen molar-refractivity contribution in [2.45, 2.75) is 4.90 Å². The number of aliphatic hydroxyl groups is 1. The second-order valence-corrected chi connectivity index (χ2v) is 6.04. The summed E-state index contributed by atoms with van der Waals surface area (Å²) in [6.45, 7) is -0.236. The topological polar surface area (TPSA) is 92.4 Å².